The van der Waals surface area contributed by atoms with E-state index < -0.39 is 6.43 Å². The average molecular weight is 265 g/mol. The molecule has 1 aliphatic rings. The van der Waals surface area contributed by atoms with Gasteiger partial charge in [-0.1, -0.05) is 0 Å². The van der Waals surface area contributed by atoms with Gasteiger partial charge in [-0.15, -0.1) is 0 Å². The van der Waals surface area contributed by atoms with Crippen LogP contribution in [0.25, 0.3) is 5.57 Å². The lowest BCUT2D eigenvalue weighted by atomic mass is 9.93. The van der Waals surface area contributed by atoms with E-state index >= 15 is 0 Å². The Morgan fingerprint density at radius 1 is 1.47 bits per heavy atom. The van der Waals surface area contributed by atoms with Crippen molar-refractivity contribution in [1.29, 1.82) is 0 Å². The zero-order valence-corrected chi connectivity index (χ0v) is 10.8. The molecule has 0 aliphatic carbocycles. The molecule has 0 fully saturated rings. The van der Waals surface area contributed by atoms with Crippen molar-refractivity contribution in [3.8, 4) is 0 Å². The topological polar surface area (TPSA) is 50.4 Å². The minimum atomic E-state index is -2.54. The lowest BCUT2D eigenvalue weighted by Crippen LogP contribution is -2.13. The van der Waals surface area contributed by atoms with Crippen LogP contribution in [0.3, 0.4) is 0 Å². The molecule has 2 rings (SSSR count). The number of nitrogens with zero attached hydrogens (tertiary/aromatic N) is 1. The van der Waals surface area contributed by atoms with Crippen molar-refractivity contribution < 1.29 is 8.78 Å². The third-order valence-corrected chi connectivity index (χ3v) is 3.21. The molecule has 0 saturated heterocycles. The van der Waals surface area contributed by atoms with E-state index in [-0.39, 0.29) is 5.56 Å². The van der Waals surface area contributed by atoms with Crippen LogP contribution in [0.15, 0.2) is 23.3 Å². The fourth-order valence-corrected chi connectivity index (χ4v) is 2.31. The molecule has 1 aliphatic heterocycles. The second kappa shape index (κ2) is 5.82. The summed E-state index contributed by atoms with van der Waals surface area (Å²) in [4.78, 5) is 3.86. The first-order valence-corrected chi connectivity index (χ1v) is 6.20. The number of nitrogens with two attached hydrogens (primary N) is 1. The minimum Gasteiger partial charge on any atom is -0.404 e. The molecule has 0 bridgehead atoms. The first-order chi connectivity index (χ1) is 9.17. The highest BCUT2D eigenvalue weighted by Gasteiger charge is 2.19. The molecule has 0 spiro atoms. The molecule has 0 aromatic heterocycles. The number of nitrogens with one attached hydrogen (secondary N) is 1. The number of alkyl halides is 2. The summed E-state index contributed by atoms with van der Waals surface area (Å²) >= 11 is 0. The first kappa shape index (κ1) is 13.5. The molecule has 1 aromatic carbocycles. The largest absolute Gasteiger partial charge is 0.404 e. The SMILES string of the molecule is CN=CC(=CN)c1cc2c(cc1C(F)F)NCCC2. The molecule has 3 nitrogen and oxygen atoms in total. The maximum Gasteiger partial charge on any atom is 0.264 e. The van der Waals surface area contributed by atoms with Gasteiger partial charge >= 0.3 is 0 Å². The van der Waals surface area contributed by atoms with Crippen LogP contribution < -0.4 is 11.1 Å². The van der Waals surface area contributed by atoms with Gasteiger partial charge in [0.15, 0.2) is 0 Å². The average Bonchev–Trinajstić information content (AvgIpc) is 2.43. The lowest BCUT2D eigenvalue weighted by molar-refractivity contribution is 0.151. The molecule has 0 saturated carbocycles. The fourth-order valence-electron chi connectivity index (χ4n) is 2.31. The van der Waals surface area contributed by atoms with E-state index in [4.69, 9.17) is 5.73 Å². The third-order valence-electron chi connectivity index (χ3n) is 3.21. The summed E-state index contributed by atoms with van der Waals surface area (Å²) in [6.45, 7) is 0.824. The first-order valence-electron chi connectivity index (χ1n) is 6.20. The number of benzene rings is 1. The molecule has 0 radical (unpaired) electrons. The highest BCUT2D eigenvalue weighted by molar-refractivity contribution is 6.10. The highest BCUT2D eigenvalue weighted by atomic mass is 19.3. The molecular formula is C14H17F2N3. The number of halogens is 2. The van der Waals surface area contributed by atoms with E-state index in [1.54, 1.807) is 13.1 Å². The Kier molecular flexibility index (Phi) is 4.14. The van der Waals surface area contributed by atoms with Gasteiger partial charge in [-0.05, 0) is 36.1 Å². The van der Waals surface area contributed by atoms with Crippen molar-refractivity contribution in [2.75, 3.05) is 18.9 Å². The van der Waals surface area contributed by atoms with Crippen molar-refractivity contribution >= 4 is 17.5 Å². The molecule has 0 amide bonds. The molecule has 102 valence electrons. The number of allylic oxidation sites excluding steroid dienone is 1. The Balaban J connectivity index is 2.57. The summed E-state index contributed by atoms with van der Waals surface area (Å²) in [5.74, 6) is 0. The van der Waals surface area contributed by atoms with Crippen molar-refractivity contribution in [2.24, 2.45) is 10.7 Å². The second-order valence-electron chi connectivity index (χ2n) is 4.44. The smallest absolute Gasteiger partial charge is 0.264 e. The van der Waals surface area contributed by atoms with E-state index in [0.717, 1.165) is 30.6 Å². The van der Waals surface area contributed by atoms with E-state index in [0.29, 0.717) is 11.1 Å². The number of hydrogen-bond donors (Lipinski definition) is 2. The van der Waals surface area contributed by atoms with Crippen molar-refractivity contribution in [2.45, 2.75) is 19.3 Å². The van der Waals surface area contributed by atoms with Crippen molar-refractivity contribution in [1.82, 2.24) is 0 Å². The van der Waals surface area contributed by atoms with Gasteiger partial charge in [-0.25, -0.2) is 8.78 Å². The quantitative estimate of drug-likeness (QED) is 0.825. The van der Waals surface area contributed by atoms with Gasteiger partial charge in [0.1, 0.15) is 0 Å². The van der Waals surface area contributed by atoms with Gasteiger partial charge in [-0.2, -0.15) is 0 Å². The monoisotopic (exact) mass is 265 g/mol. The van der Waals surface area contributed by atoms with Gasteiger partial charge in [0.05, 0.1) is 0 Å². The Hall–Kier alpha value is -1.91. The van der Waals surface area contributed by atoms with Crippen LogP contribution in [0.5, 0.6) is 0 Å². The summed E-state index contributed by atoms with van der Waals surface area (Å²) < 4.78 is 26.4. The van der Waals surface area contributed by atoms with Crippen LogP contribution in [0.2, 0.25) is 0 Å². The summed E-state index contributed by atoms with van der Waals surface area (Å²) in [5.41, 5.74) is 8.35. The molecule has 1 heterocycles. The van der Waals surface area contributed by atoms with Crippen LogP contribution >= 0.6 is 0 Å². The Bertz CT molecular complexity index is 522. The van der Waals surface area contributed by atoms with Gasteiger partial charge < -0.3 is 11.1 Å². The Morgan fingerprint density at radius 2 is 2.26 bits per heavy atom. The lowest BCUT2D eigenvalue weighted by Gasteiger charge is -2.21. The fraction of sp³-hybridized carbons (Fsp3) is 0.357. The predicted octanol–water partition coefficient (Wildman–Crippen LogP) is 2.98. The maximum atomic E-state index is 13.2. The number of rotatable bonds is 3. The van der Waals surface area contributed by atoms with Crippen LogP contribution in [0.1, 0.15) is 29.5 Å². The molecule has 1 aromatic rings. The number of aliphatic imine (C=N–C) groups is 1. The van der Waals surface area contributed by atoms with Crippen molar-refractivity contribution in [3.05, 3.63) is 35.0 Å². The third kappa shape index (κ3) is 2.75. The molecular weight excluding hydrogens is 248 g/mol. The molecule has 0 unspecified atom stereocenters. The summed E-state index contributed by atoms with van der Waals surface area (Å²) in [6, 6.07) is 3.32. The number of fused-ring (bicyclic) bond motifs is 1. The standard InChI is InChI=1S/C14H17F2N3/c1-18-8-10(7-17)11-5-9-3-2-4-19-13(9)6-12(11)14(15)16/h5-8,14,19H,2-4,17H2,1H3. The molecule has 0 atom stereocenters. The maximum absolute atomic E-state index is 13.2. The zero-order chi connectivity index (χ0) is 13.8. The summed E-state index contributed by atoms with van der Waals surface area (Å²) in [5, 5.41) is 3.16. The Labute approximate surface area is 111 Å². The summed E-state index contributed by atoms with van der Waals surface area (Å²) in [6.07, 6.45) is 2.18. The Morgan fingerprint density at radius 3 is 2.89 bits per heavy atom. The molecule has 5 heteroatoms. The summed E-state index contributed by atoms with van der Waals surface area (Å²) in [7, 11) is 1.59. The molecule has 19 heavy (non-hydrogen) atoms. The van der Waals surface area contributed by atoms with Crippen LogP contribution in [-0.2, 0) is 6.42 Å². The number of hydrogen-bond acceptors (Lipinski definition) is 3. The van der Waals surface area contributed by atoms with Crippen molar-refractivity contribution in [3.63, 3.8) is 0 Å². The van der Waals surface area contributed by atoms with Gasteiger partial charge in [0.2, 0.25) is 0 Å². The van der Waals surface area contributed by atoms with Gasteiger partial charge in [-0.3, -0.25) is 4.99 Å². The van der Waals surface area contributed by atoms with Gasteiger partial charge in [0, 0.05) is 42.8 Å². The molecule has 3 N–H and O–H groups in total. The van der Waals surface area contributed by atoms with Crippen LogP contribution in [0, 0.1) is 0 Å². The predicted molar refractivity (Wildman–Crippen MR) is 74.8 cm³/mol. The van der Waals surface area contributed by atoms with E-state index in [1.807, 2.05) is 0 Å². The number of anilines is 1. The normalized spacial score (nSPS) is 15.7. The van der Waals surface area contributed by atoms with E-state index in [1.165, 1.54) is 18.5 Å². The second-order valence-corrected chi connectivity index (χ2v) is 4.44. The highest BCUT2D eigenvalue weighted by Crippen LogP contribution is 2.34. The van der Waals surface area contributed by atoms with E-state index in [2.05, 4.69) is 10.3 Å². The minimum absolute atomic E-state index is 0.00949. The zero-order valence-electron chi connectivity index (χ0n) is 10.8. The van der Waals surface area contributed by atoms with Crippen LogP contribution in [-0.4, -0.2) is 19.8 Å². The van der Waals surface area contributed by atoms with Gasteiger partial charge in [0.25, 0.3) is 6.43 Å². The number of aryl methyl sites for hydroxylation is 1. The van der Waals surface area contributed by atoms with Crippen LogP contribution in [0.4, 0.5) is 14.5 Å². The van der Waals surface area contributed by atoms with E-state index in [9.17, 15) is 8.78 Å².